The first kappa shape index (κ1) is 13.1. The van der Waals surface area contributed by atoms with E-state index in [0.29, 0.717) is 17.4 Å². The number of halogens is 1. The van der Waals surface area contributed by atoms with Crippen molar-refractivity contribution in [3.05, 3.63) is 57.6 Å². The number of hydrogen-bond donors (Lipinski definition) is 0. The van der Waals surface area contributed by atoms with Crippen LogP contribution in [0.5, 0.6) is 0 Å². The summed E-state index contributed by atoms with van der Waals surface area (Å²) in [6.07, 6.45) is 5.23. The average molecular weight is 333 g/mol. The summed E-state index contributed by atoms with van der Waals surface area (Å²) >= 11 is 3.38. The van der Waals surface area contributed by atoms with E-state index in [4.69, 9.17) is 0 Å². The highest BCUT2D eigenvalue weighted by atomic mass is 79.9. The standard InChI is InChI=1S/C14H13BrN4O/c1-2-18-6-5-16-13(18)8-19-9-17-12-7-10(15)3-4-11(12)14(19)20/h3-7,9H,2,8H2,1H3. The van der Waals surface area contributed by atoms with E-state index in [1.165, 1.54) is 0 Å². The lowest BCUT2D eigenvalue weighted by Gasteiger charge is -2.08. The first-order valence-corrected chi connectivity index (χ1v) is 7.13. The third-order valence-corrected chi connectivity index (χ3v) is 3.73. The van der Waals surface area contributed by atoms with Gasteiger partial charge in [0.15, 0.2) is 0 Å². The summed E-state index contributed by atoms with van der Waals surface area (Å²) in [6, 6.07) is 5.48. The van der Waals surface area contributed by atoms with Gasteiger partial charge in [0.2, 0.25) is 0 Å². The highest BCUT2D eigenvalue weighted by Crippen LogP contribution is 2.15. The fourth-order valence-corrected chi connectivity index (χ4v) is 2.53. The molecule has 2 heterocycles. The molecule has 0 fully saturated rings. The molecule has 0 radical (unpaired) electrons. The van der Waals surface area contributed by atoms with Crippen LogP contribution in [0.25, 0.3) is 10.9 Å². The molecule has 0 N–H and O–H groups in total. The second-order valence-corrected chi connectivity index (χ2v) is 5.38. The molecule has 0 saturated heterocycles. The second kappa shape index (κ2) is 5.20. The molecule has 3 rings (SSSR count). The fourth-order valence-electron chi connectivity index (χ4n) is 2.18. The number of rotatable bonds is 3. The van der Waals surface area contributed by atoms with E-state index in [1.54, 1.807) is 23.2 Å². The van der Waals surface area contributed by atoms with Crippen molar-refractivity contribution >= 4 is 26.8 Å². The Hall–Kier alpha value is -1.95. The summed E-state index contributed by atoms with van der Waals surface area (Å²) in [5, 5.41) is 0.616. The molecule has 2 aromatic heterocycles. The Labute approximate surface area is 124 Å². The van der Waals surface area contributed by atoms with Crippen molar-refractivity contribution in [2.75, 3.05) is 0 Å². The largest absolute Gasteiger partial charge is 0.334 e. The van der Waals surface area contributed by atoms with Gasteiger partial charge in [-0.25, -0.2) is 9.97 Å². The molecule has 5 nitrogen and oxygen atoms in total. The number of hydrogen-bond acceptors (Lipinski definition) is 3. The van der Waals surface area contributed by atoms with Gasteiger partial charge in [-0.15, -0.1) is 0 Å². The van der Waals surface area contributed by atoms with Gasteiger partial charge in [0, 0.05) is 23.4 Å². The van der Waals surface area contributed by atoms with Crippen LogP contribution >= 0.6 is 15.9 Å². The number of aromatic nitrogens is 4. The Morgan fingerprint density at radius 3 is 2.90 bits per heavy atom. The quantitative estimate of drug-likeness (QED) is 0.740. The van der Waals surface area contributed by atoms with Crippen molar-refractivity contribution in [1.29, 1.82) is 0 Å². The van der Waals surface area contributed by atoms with Crippen molar-refractivity contribution in [3.8, 4) is 0 Å². The van der Waals surface area contributed by atoms with Crippen LogP contribution < -0.4 is 5.56 Å². The molecule has 3 aromatic rings. The average Bonchev–Trinajstić information content (AvgIpc) is 2.89. The molecule has 0 aliphatic rings. The predicted molar refractivity (Wildman–Crippen MR) is 80.7 cm³/mol. The highest BCUT2D eigenvalue weighted by Gasteiger charge is 2.07. The molecule has 102 valence electrons. The summed E-state index contributed by atoms with van der Waals surface area (Å²) in [6.45, 7) is 3.31. The number of fused-ring (bicyclic) bond motifs is 1. The molecular weight excluding hydrogens is 320 g/mol. The van der Waals surface area contributed by atoms with E-state index in [9.17, 15) is 4.79 Å². The minimum Gasteiger partial charge on any atom is -0.334 e. The summed E-state index contributed by atoms with van der Waals surface area (Å²) in [5.74, 6) is 0.855. The van der Waals surface area contributed by atoms with Crippen molar-refractivity contribution in [1.82, 2.24) is 19.1 Å². The predicted octanol–water partition coefficient (Wildman–Crippen LogP) is 2.42. The third-order valence-electron chi connectivity index (χ3n) is 3.24. The molecule has 1 aromatic carbocycles. The molecule has 0 amide bonds. The lowest BCUT2D eigenvalue weighted by Crippen LogP contribution is -2.22. The van der Waals surface area contributed by atoms with Gasteiger partial charge < -0.3 is 4.57 Å². The molecule has 0 atom stereocenters. The first-order valence-electron chi connectivity index (χ1n) is 6.33. The van der Waals surface area contributed by atoms with Gasteiger partial charge in [-0.05, 0) is 25.1 Å². The Kier molecular flexibility index (Phi) is 3.40. The maximum atomic E-state index is 12.4. The van der Waals surface area contributed by atoms with Crippen LogP contribution in [0.15, 0.2) is 46.2 Å². The van der Waals surface area contributed by atoms with Crippen molar-refractivity contribution < 1.29 is 0 Å². The summed E-state index contributed by atoms with van der Waals surface area (Å²) < 4.78 is 4.51. The minimum absolute atomic E-state index is 0.0480. The van der Waals surface area contributed by atoms with Crippen LogP contribution in [-0.4, -0.2) is 19.1 Å². The highest BCUT2D eigenvalue weighted by molar-refractivity contribution is 9.10. The third kappa shape index (κ3) is 2.27. The number of nitrogens with zero attached hydrogens (tertiary/aromatic N) is 4. The van der Waals surface area contributed by atoms with E-state index >= 15 is 0 Å². The Bertz CT molecular complexity index is 821. The Balaban J connectivity index is 2.07. The molecule has 0 unspecified atom stereocenters. The summed E-state index contributed by atoms with van der Waals surface area (Å²) in [5.41, 5.74) is 0.646. The molecule has 0 saturated carbocycles. The zero-order chi connectivity index (χ0) is 14.1. The van der Waals surface area contributed by atoms with Crippen LogP contribution in [0.2, 0.25) is 0 Å². The van der Waals surface area contributed by atoms with Crippen molar-refractivity contribution in [2.45, 2.75) is 20.0 Å². The Morgan fingerprint density at radius 2 is 2.10 bits per heavy atom. The molecular formula is C14H13BrN4O. The fraction of sp³-hybridized carbons (Fsp3) is 0.214. The molecule has 0 aliphatic carbocycles. The molecule has 6 heteroatoms. The normalized spacial score (nSPS) is 11.1. The number of imidazole rings is 1. The lowest BCUT2D eigenvalue weighted by molar-refractivity contribution is 0.635. The van der Waals surface area contributed by atoms with Crippen LogP contribution in [0, 0.1) is 0 Å². The Morgan fingerprint density at radius 1 is 1.25 bits per heavy atom. The van der Waals surface area contributed by atoms with E-state index in [-0.39, 0.29) is 5.56 Å². The summed E-state index contributed by atoms with van der Waals surface area (Å²) in [4.78, 5) is 21.1. The maximum Gasteiger partial charge on any atom is 0.261 e. The zero-order valence-electron chi connectivity index (χ0n) is 11.0. The van der Waals surface area contributed by atoms with Gasteiger partial charge in [-0.2, -0.15) is 0 Å². The van der Waals surface area contributed by atoms with Crippen LogP contribution in [0.4, 0.5) is 0 Å². The van der Waals surface area contributed by atoms with E-state index < -0.39 is 0 Å². The van der Waals surface area contributed by atoms with Crippen LogP contribution in [0.3, 0.4) is 0 Å². The maximum absolute atomic E-state index is 12.4. The number of benzene rings is 1. The van der Waals surface area contributed by atoms with E-state index in [2.05, 4.69) is 25.9 Å². The SMILES string of the molecule is CCn1ccnc1Cn1cnc2cc(Br)ccc2c1=O. The molecule has 20 heavy (non-hydrogen) atoms. The second-order valence-electron chi connectivity index (χ2n) is 4.47. The van der Waals surface area contributed by atoms with Gasteiger partial charge in [-0.3, -0.25) is 9.36 Å². The lowest BCUT2D eigenvalue weighted by atomic mass is 10.2. The van der Waals surface area contributed by atoms with Crippen LogP contribution in [-0.2, 0) is 13.1 Å². The minimum atomic E-state index is -0.0480. The molecule has 0 aliphatic heterocycles. The molecule has 0 bridgehead atoms. The van der Waals surface area contributed by atoms with Crippen LogP contribution in [0.1, 0.15) is 12.7 Å². The monoisotopic (exact) mass is 332 g/mol. The van der Waals surface area contributed by atoms with Gasteiger partial charge >= 0.3 is 0 Å². The number of aryl methyl sites for hydroxylation is 1. The van der Waals surface area contributed by atoms with Gasteiger partial charge in [0.25, 0.3) is 5.56 Å². The van der Waals surface area contributed by atoms with Gasteiger partial charge in [-0.1, -0.05) is 15.9 Å². The summed E-state index contributed by atoms with van der Waals surface area (Å²) in [7, 11) is 0. The molecule has 0 spiro atoms. The van der Waals surface area contributed by atoms with E-state index in [1.807, 2.05) is 29.8 Å². The van der Waals surface area contributed by atoms with Crippen molar-refractivity contribution in [2.24, 2.45) is 0 Å². The topological polar surface area (TPSA) is 52.7 Å². The smallest absolute Gasteiger partial charge is 0.261 e. The van der Waals surface area contributed by atoms with Gasteiger partial charge in [0.1, 0.15) is 5.82 Å². The zero-order valence-corrected chi connectivity index (χ0v) is 12.5. The van der Waals surface area contributed by atoms with Crippen molar-refractivity contribution in [3.63, 3.8) is 0 Å². The van der Waals surface area contributed by atoms with E-state index in [0.717, 1.165) is 16.8 Å². The van der Waals surface area contributed by atoms with Gasteiger partial charge in [0.05, 0.1) is 23.8 Å². The first-order chi connectivity index (χ1) is 9.69.